The second kappa shape index (κ2) is 17.6. The number of rotatable bonds is 10. The topological polar surface area (TPSA) is 70.0 Å². The normalized spacial score (nSPS) is 11.6. The predicted octanol–water partition coefficient (Wildman–Crippen LogP) is 9.25. The molecule has 3 aromatic heterocycles. The Bertz CT molecular complexity index is 2300. The van der Waals surface area contributed by atoms with E-state index in [2.05, 4.69) is 100 Å². The van der Waals surface area contributed by atoms with Crippen molar-refractivity contribution >= 4 is 23.4 Å². The monoisotopic (exact) mass is 914 g/mol. The van der Waals surface area contributed by atoms with Crippen LogP contribution in [0, 0.1) is 24.3 Å². The molecule has 0 fully saturated rings. The molecule has 4 aromatic carbocycles. The molecule has 0 saturated carbocycles. The van der Waals surface area contributed by atoms with Gasteiger partial charge in [0, 0.05) is 47.8 Å². The molecule has 6 nitrogen and oxygen atoms in total. The maximum absolute atomic E-state index is 6.65. The minimum Gasteiger partial charge on any atom is -0.503 e. The fourth-order valence-electron chi connectivity index (χ4n) is 6.83. The molecule has 0 spiro atoms. The molecule has 0 atom stereocenters. The van der Waals surface area contributed by atoms with E-state index in [1.54, 1.807) is 12.4 Å². The van der Waals surface area contributed by atoms with Gasteiger partial charge in [-0.15, -0.1) is 59.7 Å². The molecule has 0 amide bonds. The van der Waals surface area contributed by atoms with E-state index in [0.29, 0.717) is 34.6 Å². The number of pyridine rings is 2. The molecule has 9 heteroatoms. The molecular weight excluding hydrogens is 876 g/mol. The number of ether oxygens (including phenoxy) is 2. The van der Waals surface area contributed by atoms with E-state index < -0.39 is 0 Å². The smallest absolute Gasteiger partial charge is 0.503 e. The van der Waals surface area contributed by atoms with E-state index in [4.69, 9.17) is 19.4 Å². The van der Waals surface area contributed by atoms with Gasteiger partial charge in [-0.1, -0.05) is 101 Å². The van der Waals surface area contributed by atoms with Crippen LogP contribution in [0.4, 0.5) is 0 Å². The Kier molecular flexibility index (Phi) is 12.8. The molecule has 8 rings (SSSR count). The van der Waals surface area contributed by atoms with E-state index in [-0.39, 0.29) is 59.4 Å². The van der Waals surface area contributed by atoms with Crippen molar-refractivity contribution < 1.29 is 50.3 Å². The first-order chi connectivity index (χ1) is 26.2. The van der Waals surface area contributed by atoms with Gasteiger partial charge in [0.05, 0.1) is 5.72 Å². The fraction of sp³-hybridized carbons (Fsp3) is 0.191. The van der Waals surface area contributed by atoms with E-state index in [0.717, 1.165) is 61.3 Å². The Morgan fingerprint density at radius 3 is 1.36 bits per heavy atom. The summed E-state index contributed by atoms with van der Waals surface area (Å²) in [7, 11) is 0. The zero-order valence-corrected chi connectivity index (χ0v) is 35.0. The van der Waals surface area contributed by atoms with Gasteiger partial charge in [0.2, 0.25) is 6.71 Å². The summed E-state index contributed by atoms with van der Waals surface area (Å²) < 4.78 is 13.3. The number of benzene rings is 4. The van der Waals surface area contributed by atoms with Gasteiger partial charge in [-0.25, -0.2) is 0 Å². The standard InChI is InChI=1S/C47H39BN4O2.2Pd/c1-29(2)34-27-51-47(52-28-34)48-41-25-35(53-45-23-32(13-17-37(45)30(3)4)43-11-7-9-21-49-43)15-19-39(41)40-20-16-36(26-42(40)48)54-46-24-33(14-18-38(46)31(5)6)44-12-8-10-22-50-44;;/h7-22,27-31H,1-6H3;;/q-4;2*+2. The van der Waals surface area contributed by atoms with Crippen LogP contribution in [0.5, 0.6) is 23.0 Å². The first-order valence-electron chi connectivity index (χ1n) is 18.5. The summed E-state index contributed by atoms with van der Waals surface area (Å²) in [6.45, 7) is 12.6. The molecule has 1 aliphatic heterocycles. The summed E-state index contributed by atoms with van der Waals surface area (Å²) in [5.41, 5.74) is 11.2. The average Bonchev–Trinajstić information content (AvgIpc) is 3.51. The van der Waals surface area contributed by atoms with Crippen molar-refractivity contribution in [3.63, 3.8) is 0 Å². The molecule has 0 N–H and O–H groups in total. The molecule has 4 heterocycles. The van der Waals surface area contributed by atoms with Crippen molar-refractivity contribution in [2.45, 2.75) is 59.3 Å². The summed E-state index contributed by atoms with van der Waals surface area (Å²) in [5, 5.41) is 0. The third-order valence-corrected chi connectivity index (χ3v) is 9.81. The Balaban J connectivity index is 0.00000266. The van der Waals surface area contributed by atoms with E-state index in [1.165, 1.54) is 0 Å². The molecule has 7 aromatic rings. The van der Waals surface area contributed by atoms with Crippen molar-refractivity contribution in [3.05, 3.63) is 151 Å². The van der Waals surface area contributed by atoms with Gasteiger partial charge in [0.15, 0.2) is 0 Å². The number of nitrogens with zero attached hydrogens (tertiary/aromatic N) is 4. The minimum absolute atomic E-state index is 0. The van der Waals surface area contributed by atoms with Crippen LogP contribution in [0.2, 0.25) is 0 Å². The molecular formula is C47H39BN4O2Pd2. The van der Waals surface area contributed by atoms with Crippen molar-refractivity contribution in [1.82, 2.24) is 19.9 Å². The second-order valence-corrected chi connectivity index (χ2v) is 14.5. The Morgan fingerprint density at radius 1 is 0.500 bits per heavy atom. The van der Waals surface area contributed by atoms with E-state index in [9.17, 15) is 0 Å². The maximum atomic E-state index is 6.65. The van der Waals surface area contributed by atoms with Crippen LogP contribution in [0.25, 0.3) is 33.6 Å². The SMILES string of the molecule is CC(C)c1cnc(B2c3[c-]c(Oc4[c-]c(-c5ccccn5)ccc4C(C)C)ccc3-c3ccc(Oc4[c-]c(-c5ccccn5)ccc4C(C)C)[c-]c32)nc1.[Pd+2].[Pd+2]. The molecule has 0 bridgehead atoms. The van der Waals surface area contributed by atoms with Crippen LogP contribution in [0.3, 0.4) is 0 Å². The summed E-state index contributed by atoms with van der Waals surface area (Å²) >= 11 is 0. The number of hydrogen-bond donors (Lipinski definition) is 0. The zero-order chi connectivity index (χ0) is 37.3. The van der Waals surface area contributed by atoms with Crippen LogP contribution in [-0.2, 0) is 40.8 Å². The van der Waals surface area contributed by atoms with Gasteiger partial charge < -0.3 is 19.4 Å². The first kappa shape index (κ1) is 40.9. The van der Waals surface area contributed by atoms with Gasteiger partial charge in [0.1, 0.15) is 0 Å². The molecule has 0 saturated heterocycles. The molecule has 56 heavy (non-hydrogen) atoms. The van der Waals surface area contributed by atoms with Gasteiger partial charge >= 0.3 is 40.8 Å². The summed E-state index contributed by atoms with van der Waals surface area (Å²) in [6.07, 6.45) is 7.42. The van der Waals surface area contributed by atoms with E-state index in [1.807, 2.05) is 73.1 Å². The molecule has 0 unspecified atom stereocenters. The van der Waals surface area contributed by atoms with Crippen LogP contribution in [0.15, 0.2) is 110 Å². The summed E-state index contributed by atoms with van der Waals surface area (Å²) in [6, 6.07) is 42.4. The Morgan fingerprint density at radius 2 is 0.964 bits per heavy atom. The van der Waals surface area contributed by atoms with Gasteiger partial charge in [-0.2, -0.15) is 34.2 Å². The van der Waals surface area contributed by atoms with Crippen molar-refractivity contribution in [2.24, 2.45) is 0 Å². The molecule has 0 aliphatic carbocycles. The molecule has 0 radical (unpaired) electrons. The van der Waals surface area contributed by atoms with Gasteiger partial charge in [0.25, 0.3) is 0 Å². The summed E-state index contributed by atoms with van der Waals surface area (Å²) in [5.74, 6) is 3.23. The maximum Gasteiger partial charge on any atom is 2.00 e. The zero-order valence-electron chi connectivity index (χ0n) is 31.9. The van der Waals surface area contributed by atoms with Crippen molar-refractivity contribution in [1.29, 1.82) is 0 Å². The predicted molar refractivity (Wildman–Crippen MR) is 216 cm³/mol. The number of hydrogen-bond acceptors (Lipinski definition) is 6. The fourth-order valence-corrected chi connectivity index (χ4v) is 6.83. The summed E-state index contributed by atoms with van der Waals surface area (Å²) in [4.78, 5) is 18.9. The number of aromatic nitrogens is 4. The van der Waals surface area contributed by atoms with Crippen LogP contribution in [-0.4, -0.2) is 26.6 Å². The Labute approximate surface area is 358 Å². The average molecular weight is 916 g/mol. The molecule has 1 aliphatic rings. The van der Waals surface area contributed by atoms with Crippen molar-refractivity contribution in [3.8, 4) is 56.6 Å². The largest absolute Gasteiger partial charge is 2.00 e. The third-order valence-electron chi connectivity index (χ3n) is 9.81. The van der Waals surface area contributed by atoms with Gasteiger partial charge in [-0.05, 0) is 35.0 Å². The third kappa shape index (κ3) is 8.34. The second-order valence-electron chi connectivity index (χ2n) is 14.5. The molecule has 282 valence electrons. The van der Waals surface area contributed by atoms with Gasteiger partial charge in [-0.3, -0.25) is 9.97 Å². The number of fused-ring (bicyclic) bond motifs is 3. The van der Waals surface area contributed by atoms with Crippen molar-refractivity contribution in [2.75, 3.05) is 0 Å². The quantitative estimate of drug-likeness (QED) is 0.101. The Hall–Kier alpha value is -4.75. The van der Waals surface area contributed by atoms with Crippen LogP contribution in [0.1, 0.15) is 76.0 Å². The minimum atomic E-state index is -0.342. The van der Waals surface area contributed by atoms with Crippen LogP contribution < -0.4 is 26.1 Å². The van der Waals surface area contributed by atoms with Crippen LogP contribution >= 0.6 is 0 Å². The van der Waals surface area contributed by atoms with E-state index >= 15 is 0 Å². The first-order valence-corrected chi connectivity index (χ1v) is 18.5.